The lowest BCUT2D eigenvalue weighted by Crippen LogP contribution is -2.06. The summed E-state index contributed by atoms with van der Waals surface area (Å²) >= 11 is 6.04. The van der Waals surface area contributed by atoms with Crippen LogP contribution in [0.4, 0.5) is 0 Å². The molecule has 0 saturated carbocycles. The third-order valence-corrected chi connectivity index (χ3v) is 2.85. The number of benzene rings is 1. The van der Waals surface area contributed by atoms with E-state index in [1.807, 2.05) is 25.1 Å². The Morgan fingerprint density at radius 1 is 1.32 bits per heavy atom. The van der Waals surface area contributed by atoms with E-state index in [0.29, 0.717) is 24.5 Å². The fraction of sp³-hybridized carbons (Fsp3) is 0.286. The van der Waals surface area contributed by atoms with E-state index in [4.69, 9.17) is 21.1 Å². The minimum atomic E-state index is -0.469. The van der Waals surface area contributed by atoms with Gasteiger partial charge in [0, 0.05) is 5.39 Å². The van der Waals surface area contributed by atoms with E-state index in [2.05, 4.69) is 4.98 Å². The molecule has 1 heterocycles. The highest BCUT2D eigenvalue weighted by molar-refractivity contribution is 6.33. The number of pyridine rings is 1. The van der Waals surface area contributed by atoms with Crippen LogP contribution in [0.1, 0.15) is 24.2 Å². The summed E-state index contributed by atoms with van der Waals surface area (Å²) in [4.78, 5) is 16.0. The molecule has 0 aliphatic carbocycles. The maximum absolute atomic E-state index is 11.7. The smallest absolute Gasteiger partial charge is 0.341 e. The van der Waals surface area contributed by atoms with Crippen LogP contribution in [-0.2, 0) is 4.74 Å². The van der Waals surface area contributed by atoms with Crippen molar-refractivity contribution in [3.05, 3.63) is 35.0 Å². The maximum Gasteiger partial charge on any atom is 0.341 e. The topological polar surface area (TPSA) is 48.4 Å². The van der Waals surface area contributed by atoms with Gasteiger partial charge in [0.2, 0.25) is 0 Å². The molecule has 5 heteroatoms. The van der Waals surface area contributed by atoms with Gasteiger partial charge in [-0.05, 0) is 26.0 Å². The van der Waals surface area contributed by atoms with Gasteiger partial charge in [-0.2, -0.15) is 0 Å². The fourth-order valence-corrected chi connectivity index (χ4v) is 1.99. The zero-order valence-corrected chi connectivity index (χ0v) is 11.5. The zero-order chi connectivity index (χ0) is 13.8. The van der Waals surface area contributed by atoms with Crippen molar-refractivity contribution in [1.82, 2.24) is 4.98 Å². The lowest BCUT2D eigenvalue weighted by molar-refractivity contribution is 0.0526. The molecule has 2 aromatic rings. The first-order valence-electron chi connectivity index (χ1n) is 6.06. The third kappa shape index (κ3) is 2.79. The second kappa shape index (κ2) is 5.89. The Hall–Kier alpha value is -1.81. The Morgan fingerprint density at radius 2 is 2.11 bits per heavy atom. The SMILES string of the molecule is CCOC(=O)c1cc2cccc(OCC)c2nc1Cl. The Morgan fingerprint density at radius 3 is 2.79 bits per heavy atom. The predicted octanol–water partition coefficient (Wildman–Crippen LogP) is 3.46. The molecule has 0 amide bonds. The van der Waals surface area contributed by atoms with E-state index in [-0.39, 0.29) is 10.7 Å². The molecule has 1 aromatic carbocycles. The summed E-state index contributed by atoms with van der Waals surface area (Å²) in [6.07, 6.45) is 0. The number of carbonyl (C=O) groups excluding carboxylic acids is 1. The largest absolute Gasteiger partial charge is 0.492 e. The number of halogens is 1. The van der Waals surface area contributed by atoms with Crippen molar-refractivity contribution in [2.75, 3.05) is 13.2 Å². The Kier molecular flexibility index (Phi) is 4.22. The highest BCUT2D eigenvalue weighted by Crippen LogP contribution is 2.28. The number of esters is 1. The number of ether oxygens (including phenoxy) is 2. The van der Waals surface area contributed by atoms with Crippen LogP contribution in [0.25, 0.3) is 10.9 Å². The highest BCUT2D eigenvalue weighted by atomic mass is 35.5. The average molecular weight is 280 g/mol. The molecular formula is C14H14ClNO3. The van der Waals surface area contributed by atoms with Crippen molar-refractivity contribution >= 4 is 28.5 Å². The van der Waals surface area contributed by atoms with Gasteiger partial charge in [0.25, 0.3) is 0 Å². The van der Waals surface area contributed by atoms with Gasteiger partial charge < -0.3 is 9.47 Å². The number of nitrogens with zero attached hydrogens (tertiary/aromatic N) is 1. The molecule has 0 unspecified atom stereocenters. The van der Waals surface area contributed by atoms with Crippen molar-refractivity contribution in [3.63, 3.8) is 0 Å². The van der Waals surface area contributed by atoms with Crippen molar-refractivity contribution < 1.29 is 14.3 Å². The summed E-state index contributed by atoms with van der Waals surface area (Å²) < 4.78 is 10.4. The van der Waals surface area contributed by atoms with E-state index >= 15 is 0 Å². The standard InChI is InChI=1S/C14H14ClNO3/c1-3-18-11-7-5-6-9-8-10(14(17)19-4-2)13(15)16-12(9)11/h5-8H,3-4H2,1-2H3. The van der Waals surface area contributed by atoms with Gasteiger partial charge in [0.1, 0.15) is 16.4 Å². The van der Waals surface area contributed by atoms with Crippen molar-refractivity contribution in [2.24, 2.45) is 0 Å². The highest BCUT2D eigenvalue weighted by Gasteiger charge is 2.15. The zero-order valence-electron chi connectivity index (χ0n) is 10.8. The number of rotatable bonds is 4. The molecule has 0 atom stereocenters. The summed E-state index contributed by atoms with van der Waals surface area (Å²) in [5.41, 5.74) is 0.909. The van der Waals surface area contributed by atoms with E-state index in [0.717, 1.165) is 5.39 Å². The van der Waals surface area contributed by atoms with Gasteiger partial charge in [-0.1, -0.05) is 23.7 Å². The van der Waals surface area contributed by atoms with Crippen LogP contribution >= 0.6 is 11.6 Å². The van der Waals surface area contributed by atoms with Gasteiger partial charge in [-0.25, -0.2) is 9.78 Å². The van der Waals surface area contributed by atoms with Crippen molar-refractivity contribution in [2.45, 2.75) is 13.8 Å². The van der Waals surface area contributed by atoms with E-state index in [1.165, 1.54) is 0 Å². The number of aromatic nitrogens is 1. The summed E-state index contributed by atoms with van der Waals surface area (Å²) in [5, 5.41) is 0.913. The lowest BCUT2D eigenvalue weighted by Gasteiger charge is -2.09. The van der Waals surface area contributed by atoms with Crippen LogP contribution in [0.3, 0.4) is 0 Å². The number of fused-ring (bicyclic) bond motifs is 1. The van der Waals surface area contributed by atoms with Crippen LogP contribution in [0.15, 0.2) is 24.3 Å². The van der Waals surface area contributed by atoms with Gasteiger partial charge in [-0.15, -0.1) is 0 Å². The number of hydrogen-bond donors (Lipinski definition) is 0. The molecule has 0 N–H and O–H groups in total. The van der Waals surface area contributed by atoms with Crippen LogP contribution in [0.5, 0.6) is 5.75 Å². The molecule has 0 radical (unpaired) electrons. The van der Waals surface area contributed by atoms with E-state index in [1.54, 1.807) is 13.0 Å². The Bertz CT molecular complexity index is 613. The summed E-state index contributed by atoms with van der Waals surface area (Å²) in [7, 11) is 0. The lowest BCUT2D eigenvalue weighted by atomic mass is 10.1. The summed E-state index contributed by atoms with van der Waals surface area (Å²) in [5.74, 6) is 0.182. The predicted molar refractivity (Wildman–Crippen MR) is 73.9 cm³/mol. The third-order valence-electron chi connectivity index (χ3n) is 2.56. The van der Waals surface area contributed by atoms with E-state index in [9.17, 15) is 4.79 Å². The Balaban J connectivity index is 2.54. The fourth-order valence-electron chi connectivity index (χ4n) is 1.77. The van der Waals surface area contributed by atoms with E-state index < -0.39 is 5.97 Å². The quantitative estimate of drug-likeness (QED) is 0.635. The molecule has 19 heavy (non-hydrogen) atoms. The van der Waals surface area contributed by atoms with Gasteiger partial charge >= 0.3 is 5.97 Å². The molecule has 2 rings (SSSR count). The van der Waals surface area contributed by atoms with Gasteiger partial charge in [0.15, 0.2) is 0 Å². The number of carbonyl (C=O) groups is 1. The molecule has 0 aliphatic heterocycles. The molecule has 0 aliphatic rings. The summed E-state index contributed by atoms with van der Waals surface area (Å²) in [6.45, 7) is 4.48. The molecule has 0 bridgehead atoms. The first kappa shape index (κ1) is 13.6. The molecule has 1 aromatic heterocycles. The average Bonchev–Trinajstić information content (AvgIpc) is 2.39. The van der Waals surface area contributed by atoms with Crippen LogP contribution in [-0.4, -0.2) is 24.2 Å². The van der Waals surface area contributed by atoms with Crippen LogP contribution in [0, 0.1) is 0 Å². The molecular weight excluding hydrogens is 266 g/mol. The molecule has 0 fully saturated rings. The van der Waals surface area contributed by atoms with Gasteiger partial charge in [0.05, 0.1) is 18.8 Å². The molecule has 4 nitrogen and oxygen atoms in total. The summed E-state index contributed by atoms with van der Waals surface area (Å²) in [6, 6.07) is 7.19. The first-order valence-corrected chi connectivity index (χ1v) is 6.44. The minimum Gasteiger partial charge on any atom is -0.492 e. The molecule has 0 saturated heterocycles. The Labute approximate surface area is 116 Å². The maximum atomic E-state index is 11.7. The normalized spacial score (nSPS) is 10.5. The first-order chi connectivity index (χ1) is 9.17. The monoisotopic (exact) mass is 279 g/mol. The second-order valence-corrected chi connectivity index (χ2v) is 4.17. The number of hydrogen-bond acceptors (Lipinski definition) is 4. The second-order valence-electron chi connectivity index (χ2n) is 3.81. The molecule has 0 spiro atoms. The molecule has 100 valence electrons. The van der Waals surface area contributed by atoms with Crippen LogP contribution in [0.2, 0.25) is 5.15 Å². The van der Waals surface area contributed by atoms with Crippen molar-refractivity contribution in [3.8, 4) is 5.75 Å². The van der Waals surface area contributed by atoms with Gasteiger partial charge in [-0.3, -0.25) is 0 Å². The minimum absolute atomic E-state index is 0.123. The number of para-hydroxylation sites is 1. The van der Waals surface area contributed by atoms with Crippen molar-refractivity contribution in [1.29, 1.82) is 0 Å². The van der Waals surface area contributed by atoms with Crippen LogP contribution < -0.4 is 4.74 Å².